The third-order valence-electron chi connectivity index (χ3n) is 4.36. The molecule has 0 saturated carbocycles. The first-order valence-electron chi connectivity index (χ1n) is 9.77. The molecule has 156 valence electrons. The van der Waals surface area contributed by atoms with Crippen molar-refractivity contribution in [2.24, 2.45) is 0 Å². The molecule has 0 radical (unpaired) electrons. The summed E-state index contributed by atoms with van der Waals surface area (Å²) in [6, 6.07) is 18.6. The van der Waals surface area contributed by atoms with Crippen LogP contribution in [0, 0.1) is 13.8 Å². The van der Waals surface area contributed by atoms with E-state index in [1.807, 2.05) is 80.7 Å². The maximum atomic E-state index is 12.2. The molecule has 8 heteroatoms. The smallest absolute Gasteiger partial charge is 0.262 e. The molecule has 2 N–H and O–H groups in total. The number of aromatic nitrogens is 4. The van der Waals surface area contributed by atoms with Gasteiger partial charge in [0.1, 0.15) is 17.4 Å². The van der Waals surface area contributed by atoms with Gasteiger partial charge in [-0.25, -0.2) is 14.6 Å². The Morgan fingerprint density at radius 1 is 1.00 bits per heavy atom. The minimum atomic E-state index is -0.225. The van der Waals surface area contributed by atoms with Crippen LogP contribution in [0.15, 0.2) is 73.1 Å². The molecule has 0 aliphatic rings. The topological polar surface area (TPSA) is 94.0 Å². The highest BCUT2D eigenvalue weighted by Crippen LogP contribution is 2.19. The van der Waals surface area contributed by atoms with E-state index in [1.54, 1.807) is 10.9 Å². The summed E-state index contributed by atoms with van der Waals surface area (Å²) in [5, 5.41) is 10.3. The van der Waals surface area contributed by atoms with Crippen LogP contribution in [-0.2, 0) is 4.79 Å². The molecule has 2 heterocycles. The third-order valence-corrected chi connectivity index (χ3v) is 4.36. The number of nitrogens with one attached hydrogen (secondary N) is 2. The third kappa shape index (κ3) is 5.45. The summed E-state index contributed by atoms with van der Waals surface area (Å²) in [4.78, 5) is 21.0. The summed E-state index contributed by atoms with van der Waals surface area (Å²) < 4.78 is 7.21. The second-order valence-corrected chi connectivity index (χ2v) is 6.96. The lowest BCUT2D eigenvalue weighted by atomic mass is 10.2. The van der Waals surface area contributed by atoms with Crippen LogP contribution in [0.2, 0.25) is 0 Å². The van der Waals surface area contributed by atoms with Crippen molar-refractivity contribution in [1.82, 2.24) is 19.7 Å². The van der Waals surface area contributed by atoms with Crippen molar-refractivity contribution in [2.45, 2.75) is 13.8 Å². The molecule has 2 aromatic heterocycles. The molecule has 0 fully saturated rings. The zero-order valence-electron chi connectivity index (χ0n) is 17.2. The number of hydrogen-bond acceptors (Lipinski definition) is 6. The molecule has 8 nitrogen and oxygen atoms in total. The fourth-order valence-electron chi connectivity index (χ4n) is 2.97. The Bertz CT molecular complexity index is 1170. The number of carbonyl (C=O) groups excluding carboxylic acids is 1. The number of aryl methyl sites for hydroxylation is 2. The minimum absolute atomic E-state index is 0.0557. The Balaban J connectivity index is 1.36. The Kier molecular flexibility index (Phi) is 5.89. The van der Waals surface area contributed by atoms with Crippen LogP contribution in [0.3, 0.4) is 0 Å². The van der Waals surface area contributed by atoms with Gasteiger partial charge in [0.15, 0.2) is 12.4 Å². The van der Waals surface area contributed by atoms with Crippen LogP contribution in [-0.4, -0.2) is 32.3 Å². The van der Waals surface area contributed by atoms with Crippen LogP contribution < -0.4 is 15.4 Å². The van der Waals surface area contributed by atoms with Gasteiger partial charge >= 0.3 is 0 Å². The van der Waals surface area contributed by atoms with Gasteiger partial charge in [0.05, 0.1) is 0 Å². The number of benzene rings is 2. The summed E-state index contributed by atoms with van der Waals surface area (Å²) in [5.41, 5.74) is 2.59. The van der Waals surface area contributed by atoms with Crippen LogP contribution in [0.1, 0.15) is 11.4 Å². The van der Waals surface area contributed by atoms with Gasteiger partial charge in [-0.05, 0) is 61.9 Å². The summed E-state index contributed by atoms with van der Waals surface area (Å²) in [7, 11) is 0. The molecule has 1 amide bonds. The number of anilines is 3. The van der Waals surface area contributed by atoms with Crippen molar-refractivity contribution in [2.75, 3.05) is 17.2 Å². The minimum Gasteiger partial charge on any atom is -0.484 e. The molecule has 0 aliphatic heterocycles. The number of nitrogens with zero attached hydrogens (tertiary/aromatic N) is 4. The van der Waals surface area contributed by atoms with Gasteiger partial charge < -0.3 is 15.4 Å². The van der Waals surface area contributed by atoms with E-state index in [0.29, 0.717) is 28.9 Å². The quantitative estimate of drug-likeness (QED) is 0.474. The molecule has 0 atom stereocenters. The first-order chi connectivity index (χ1) is 15.0. The van der Waals surface area contributed by atoms with E-state index in [9.17, 15) is 4.79 Å². The average Bonchev–Trinajstić information content (AvgIpc) is 3.28. The number of carbonyl (C=O) groups is 1. The van der Waals surface area contributed by atoms with E-state index >= 15 is 0 Å². The van der Waals surface area contributed by atoms with Gasteiger partial charge in [-0.2, -0.15) is 5.10 Å². The number of amides is 1. The maximum absolute atomic E-state index is 12.2. The second-order valence-electron chi connectivity index (χ2n) is 6.96. The predicted octanol–water partition coefficient (Wildman–Crippen LogP) is 4.04. The first kappa shape index (κ1) is 20.1. The lowest BCUT2D eigenvalue weighted by Gasteiger charge is -2.10. The summed E-state index contributed by atoms with van der Waals surface area (Å²) in [5.74, 6) is 2.41. The fourth-order valence-corrected chi connectivity index (χ4v) is 2.97. The highest BCUT2D eigenvalue weighted by molar-refractivity contribution is 5.92. The molecule has 0 spiro atoms. The lowest BCUT2D eigenvalue weighted by Crippen LogP contribution is -2.20. The van der Waals surface area contributed by atoms with Crippen molar-refractivity contribution < 1.29 is 9.53 Å². The van der Waals surface area contributed by atoms with Gasteiger partial charge in [-0.1, -0.05) is 12.1 Å². The van der Waals surface area contributed by atoms with Crippen LogP contribution in [0.5, 0.6) is 5.75 Å². The van der Waals surface area contributed by atoms with Crippen LogP contribution >= 0.6 is 0 Å². The van der Waals surface area contributed by atoms with Crippen molar-refractivity contribution in [3.05, 3.63) is 84.4 Å². The van der Waals surface area contributed by atoms with Crippen LogP contribution in [0.25, 0.3) is 5.82 Å². The zero-order valence-corrected chi connectivity index (χ0v) is 17.2. The number of hydrogen-bond donors (Lipinski definition) is 2. The Labute approximate surface area is 179 Å². The monoisotopic (exact) mass is 414 g/mol. The molecule has 4 rings (SSSR count). The maximum Gasteiger partial charge on any atom is 0.262 e. The van der Waals surface area contributed by atoms with Gasteiger partial charge in [-0.3, -0.25) is 4.79 Å². The van der Waals surface area contributed by atoms with E-state index in [2.05, 4.69) is 25.7 Å². The molecule has 0 bridgehead atoms. The van der Waals surface area contributed by atoms with E-state index in [-0.39, 0.29) is 12.5 Å². The summed E-state index contributed by atoms with van der Waals surface area (Å²) in [6.45, 7) is 3.75. The van der Waals surface area contributed by atoms with Gasteiger partial charge in [0, 0.05) is 29.8 Å². The summed E-state index contributed by atoms with van der Waals surface area (Å²) in [6.07, 6.45) is 3.52. The van der Waals surface area contributed by atoms with E-state index in [1.165, 1.54) is 0 Å². The molecule has 31 heavy (non-hydrogen) atoms. The Morgan fingerprint density at radius 3 is 2.55 bits per heavy atom. The van der Waals surface area contributed by atoms with Gasteiger partial charge in [0.25, 0.3) is 5.91 Å². The molecule has 4 aromatic rings. The van der Waals surface area contributed by atoms with Crippen molar-refractivity contribution in [3.63, 3.8) is 0 Å². The molecule has 2 aromatic carbocycles. The second kappa shape index (κ2) is 9.08. The average molecular weight is 414 g/mol. The molecule has 0 unspecified atom stereocenters. The van der Waals surface area contributed by atoms with E-state index in [0.717, 1.165) is 11.3 Å². The number of rotatable bonds is 7. The first-order valence-corrected chi connectivity index (χ1v) is 9.77. The normalized spacial score (nSPS) is 10.5. The zero-order chi connectivity index (χ0) is 21.6. The van der Waals surface area contributed by atoms with E-state index < -0.39 is 0 Å². The van der Waals surface area contributed by atoms with Crippen molar-refractivity contribution in [3.8, 4) is 11.6 Å². The molecular formula is C23H22N6O2. The Hall–Kier alpha value is -4.20. The van der Waals surface area contributed by atoms with Crippen molar-refractivity contribution in [1.29, 1.82) is 0 Å². The summed E-state index contributed by atoms with van der Waals surface area (Å²) >= 11 is 0. The molecule has 0 saturated heterocycles. The highest BCUT2D eigenvalue weighted by atomic mass is 16.5. The SMILES string of the molecule is Cc1cccc(OCC(=O)Nc2ccc(Nc3cc(-n4cccn4)nc(C)n3)cc2)c1. The molecular weight excluding hydrogens is 392 g/mol. The van der Waals surface area contributed by atoms with Gasteiger partial charge in [-0.15, -0.1) is 0 Å². The largest absolute Gasteiger partial charge is 0.484 e. The van der Waals surface area contributed by atoms with E-state index in [4.69, 9.17) is 4.74 Å². The number of ether oxygens (including phenoxy) is 1. The van der Waals surface area contributed by atoms with Gasteiger partial charge in [0.2, 0.25) is 0 Å². The fraction of sp³-hybridized carbons (Fsp3) is 0.130. The van der Waals surface area contributed by atoms with Crippen LogP contribution in [0.4, 0.5) is 17.2 Å². The predicted molar refractivity (Wildman–Crippen MR) is 119 cm³/mol. The lowest BCUT2D eigenvalue weighted by molar-refractivity contribution is -0.118. The highest BCUT2D eigenvalue weighted by Gasteiger charge is 2.07. The van der Waals surface area contributed by atoms with Crippen molar-refractivity contribution >= 4 is 23.1 Å². The molecule has 0 aliphatic carbocycles. The Morgan fingerprint density at radius 2 is 1.81 bits per heavy atom. The standard InChI is InChI=1S/C23H22N6O2/c1-16-5-3-6-20(13-16)31-15-23(30)28-19-9-7-18(8-10-19)27-21-14-22(26-17(2)25-21)29-12-4-11-24-29/h3-14H,15H2,1-2H3,(H,28,30)(H,25,26,27).